The molecule has 0 bridgehead atoms. The molecule has 0 radical (unpaired) electrons. The average molecular weight is 491 g/mol. The minimum atomic E-state index is -1.22. The molecule has 3 amide bonds. The molecular formula is C21H42N6O5S. The van der Waals surface area contributed by atoms with E-state index in [1.165, 1.54) is 0 Å². The number of hydrogen-bond donors (Lipinski definition) is 8. The Hall–Kier alpha value is -1.89. The number of rotatable bonds is 18. The summed E-state index contributed by atoms with van der Waals surface area (Å²) in [5.74, 6) is -3.20. The summed E-state index contributed by atoms with van der Waals surface area (Å²) in [4.78, 5) is 49.6. The van der Waals surface area contributed by atoms with Crippen molar-refractivity contribution in [2.24, 2.45) is 23.1 Å². The van der Waals surface area contributed by atoms with Gasteiger partial charge in [-0.1, -0.05) is 26.7 Å². The molecule has 0 aliphatic heterocycles. The number of carboxylic acids is 1. The van der Waals surface area contributed by atoms with E-state index >= 15 is 0 Å². The Morgan fingerprint density at radius 2 is 1.39 bits per heavy atom. The predicted molar refractivity (Wildman–Crippen MR) is 131 cm³/mol. The summed E-state index contributed by atoms with van der Waals surface area (Å²) >= 11 is 3.95. The Balaban J connectivity index is 5.39. The molecule has 0 aromatic carbocycles. The number of nitrogens with one attached hydrogen (secondary N) is 3. The first kappa shape index (κ1) is 31.1. The van der Waals surface area contributed by atoms with E-state index in [-0.39, 0.29) is 11.7 Å². The van der Waals surface area contributed by atoms with Crippen LogP contribution in [0.3, 0.4) is 0 Å². The van der Waals surface area contributed by atoms with Gasteiger partial charge in [-0.05, 0) is 51.1 Å². The van der Waals surface area contributed by atoms with Gasteiger partial charge in [-0.3, -0.25) is 14.4 Å². The summed E-state index contributed by atoms with van der Waals surface area (Å²) in [6.07, 6.45) is 4.04. The van der Waals surface area contributed by atoms with E-state index < -0.39 is 47.9 Å². The molecule has 5 atom stereocenters. The van der Waals surface area contributed by atoms with Crippen LogP contribution in [0.25, 0.3) is 0 Å². The van der Waals surface area contributed by atoms with Crippen molar-refractivity contribution in [1.82, 2.24) is 16.0 Å². The highest BCUT2D eigenvalue weighted by Gasteiger charge is 2.32. The molecule has 5 unspecified atom stereocenters. The monoisotopic (exact) mass is 490 g/mol. The Morgan fingerprint density at radius 1 is 0.848 bits per heavy atom. The van der Waals surface area contributed by atoms with Crippen LogP contribution in [-0.4, -0.2) is 71.8 Å². The number of unbranched alkanes of at least 4 members (excludes halogenated alkanes) is 2. The first-order valence-corrected chi connectivity index (χ1v) is 12.2. The third-order valence-corrected chi connectivity index (χ3v) is 5.84. The van der Waals surface area contributed by atoms with Crippen molar-refractivity contribution in [2.45, 2.75) is 83.0 Å². The van der Waals surface area contributed by atoms with E-state index in [9.17, 15) is 24.3 Å². The second kappa shape index (κ2) is 17.6. The highest BCUT2D eigenvalue weighted by molar-refractivity contribution is 7.80. The van der Waals surface area contributed by atoms with Crippen molar-refractivity contribution in [3.63, 3.8) is 0 Å². The number of carbonyl (C=O) groups excluding carboxylic acids is 3. The van der Waals surface area contributed by atoms with Gasteiger partial charge in [0.25, 0.3) is 0 Å². The Bertz CT molecular complexity index is 624. The van der Waals surface area contributed by atoms with Crippen LogP contribution in [0.2, 0.25) is 0 Å². The van der Waals surface area contributed by atoms with E-state index in [0.29, 0.717) is 51.6 Å². The molecule has 0 saturated heterocycles. The number of nitrogens with two attached hydrogens (primary N) is 3. The number of thiol groups is 1. The fourth-order valence-electron chi connectivity index (χ4n) is 3.08. The smallest absolute Gasteiger partial charge is 0.327 e. The third kappa shape index (κ3) is 12.2. The van der Waals surface area contributed by atoms with Gasteiger partial charge in [0.15, 0.2) is 0 Å². The zero-order chi connectivity index (χ0) is 25.4. The van der Waals surface area contributed by atoms with Crippen molar-refractivity contribution in [2.75, 3.05) is 18.8 Å². The summed E-state index contributed by atoms with van der Waals surface area (Å²) in [7, 11) is 0. The molecule has 33 heavy (non-hydrogen) atoms. The molecule has 0 aliphatic carbocycles. The van der Waals surface area contributed by atoms with Crippen LogP contribution in [0.15, 0.2) is 0 Å². The van der Waals surface area contributed by atoms with Gasteiger partial charge in [-0.2, -0.15) is 12.6 Å². The predicted octanol–water partition coefficient (Wildman–Crippen LogP) is -0.913. The molecule has 0 spiro atoms. The first-order valence-electron chi connectivity index (χ1n) is 11.5. The van der Waals surface area contributed by atoms with Crippen LogP contribution in [-0.2, 0) is 19.2 Å². The van der Waals surface area contributed by atoms with Gasteiger partial charge in [-0.25, -0.2) is 4.79 Å². The maximum atomic E-state index is 13.1. The van der Waals surface area contributed by atoms with Crippen LogP contribution in [0.1, 0.15) is 58.8 Å². The molecule has 0 saturated carbocycles. The van der Waals surface area contributed by atoms with Crippen LogP contribution >= 0.6 is 12.6 Å². The number of hydrogen-bond acceptors (Lipinski definition) is 8. The lowest BCUT2D eigenvalue weighted by Crippen LogP contribution is -2.58. The number of aliphatic carboxylic acids is 1. The van der Waals surface area contributed by atoms with Crippen molar-refractivity contribution in [3.8, 4) is 0 Å². The molecule has 0 aromatic rings. The molecule has 0 rings (SSSR count). The van der Waals surface area contributed by atoms with Gasteiger partial charge in [0, 0.05) is 5.75 Å². The summed E-state index contributed by atoms with van der Waals surface area (Å²) in [6, 6.07) is -3.84. The normalized spacial score (nSPS) is 15.6. The molecule has 11 nitrogen and oxygen atoms in total. The topological polar surface area (TPSA) is 203 Å². The van der Waals surface area contributed by atoms with Crippen LogP contribution < -0.4 is 33.2 Å². The maximum absolute atomic E-state index is 13.1. The lowest BCUT2D eigenvalue weighted by atomic mass is 9.97. The second-order valence-corrected chi connectivity index (χ2v) is 8.56. The summed E-state index contributed by atoms with van der Waals surface area (Å²) in [5.41, 5.74) is 17.0. The molecule has 12 heteroatoms. The lowest BCUT2D eigenvalue weighted by Gasteiger charge is -2.28. The Kier molecular flexibility index (Phi) is 16.6. The molecule has 0 fully saturated rings. The van der Waals surface area contributed by atoms with Crippen LogP contribution in [0, 0.1) is 5.92 Å². The average Bonchev–Trinajstić information content (AvgIpc) is 2.79. The van der Waals surface area contributed by atoms with Gasteiger partial charge in [0.05, 0.1) is 6.04 Å². The SMILES string of the molecule is CCC(C)C(NC(=O)C(CCCCN)NC(=O)C(N)CCCCN)C(=O)NC(CS)C(=O)O. The van der Waals surface area contributed by atoms with E-state index in [4.69, 9.17) is 17.2 Å². The number of carboxylic acid groups (broad SMARTS) is 1. The largest absolute Gasteiger partial charge is 0.480 e. The first-order chi connectivity index (χ1) is 15.6. The highest BCUT2D eigenvalue weighted by Crippen LogP contribution is 2.11. The van der Waals surface area contributed by atoms with Crippen molar-refractivity contribution < 1.29 is 24.3 Å². The zero-order valence-electron chi connectivity index (χ0n) is 19.7. The summed E-state index contributed by atoms with van der Waals surface area (Å²) in [6.45, 7) is 4.58. The van der Waals surface area contributed by atoms with Crippen molar-refractivity contribution >= 4 is 36.3 Å². The molecule has 0 heterocycles. The minimum Gasteiger partial charge on any atom is -0.480 e. The van der Waals surface area contributed by atoms with E-state index in [1.807, 2.05) is 6.92 Å². The van der Waals surface area contributed by atoms with Crippen LogP contribution in [0.5, 0.6) is 0 Å². The second-order valence-electron chi connectivity index (χ2n) is 8.19. The van der Waals surface area contributed by atoms with E-state index in [0.717, 1.165) is 6.42 Å². The quantitative estimate of drug-likeness (QED) is 0.0890. The molecule has 0 aromatic heterocycles. The molecule has 10 N–H and O–H groups in total. The van der Waals surface area contributed by atoms with E-state index in [1.54, 1.807) is 6.92 Å². The zero-order valence-corrected chi connectivity index (χ0v) is 20.6. The van der Waals surface area contributed by atoms with Gasteiger partial charge < -0.3 is 38.3 Å². The van der Waals surface area contributed by atoms with Crippen molar-refractivity contribution in [1.29, 1.82) is 0 Å². The molecular weight excluding hydrogens is 448 g/mol. The standard InChI is InChI=1S/C21H42N6O5S/c1-3-13(2)17(20(30)26-16(12-33)21(31)32)27-19(29)15(9-5-7-11-23)25-18(28)14(24)8-4-6-10-22/h13-17,33H,3-12,22-24H2,1-2H3,(H,25,28)(H,26,30)(H,27,29)(H,31,32). The lowest BCUT2D eigenvalue weighted by molar-refractivity contribution is -0.142. The van der Waals surface area contributed by atoms with Gasteiger partial charge in [0.2, 0.25) is 17.7 Å². The summed E-state index contributed by atoms with van der Waals surface area (Å²) < 4.78 is 0. The van der Waals surface area contributed by atoms with Crippen molar-refractivity contribution in [3.05, 3.63) is 0 Å². The molecule has 192 valence electrons. The third-order valence-electron chi connectivity index (χ3n) is 5.48. The maximum Gasteiger partial charge on any atom is 0.327 e. The molecule has 0 aliphatic rings. The number of carbonyl (C=O) groups is 4. The highest BCUT2D eigenvalue weighted by atomic mass is 32.1. The van der Waals surface area contributed by atoms with Crippen LogP contribution in [0.4, 0.5) is 0 Å². The number of amides is 3. The Labute approximate surface area is 201 Å². The van der Waals surface area contributed by atoms with Gasteiger partial charge >= 0.3 is 5.97 Å². The van der Waals surface area contributed by atoms with E-state index in [2.05, 4.69) is 28.6 Å². The fraction of sp³-hybridized carbons (Fsp3) is 0.810. The van der Waals surface area contributed by atoms with Gasteiger partial charge in [-0.15, -0.1) is 0 Å². The minimum absolute atomic E-state index is 0.0952. The Morgan fingerprint density at radius 3 is 1.88 bits per heavy atom. The fourth-order valence-corrected chi connectivity index (χ4v) is 3.33. The van der Waals surface area contributed by atoms with Gasteiger partial charge in [0.1, 0.15) is 18.1 Å². The summed E-state index contributed by atoms with van der Waals surface area (Å²) in [5, 5.41) is 17.0.